The maximum absolute atomic E-state index is 13.0. The van der Waals surface area contributed by atoms with Crippen molar-refractivity contribution in [2.75, 3.05) is 12.4 Å². The van der Waals surface area contributed by atoms with Crippen LogP contribution in [0.25, 0.3) is 0 Å². The molecule has 0 aromatic heterocycles. The van der Waals surface area contributed by atoms with E-state index in [0.29, 0.717) is 22.3 Å². The minimum Gasteiger partial charge on any atom is -0.322 e. The van der Waals surface area contributed by atoms with Gasteiger partial charge in [0, 0.05) is 24.2 Å². The molecule has 1 amide bonds. The van der Waals surface area contributed by atoms with Crippen LogP contribution in [0.15, 0.2) is 82.6 Å². The van der Waals surface area contributed by atoms with Gasteiger partial charge in [-0.3, -0.25) is 4.79 Å². The summed E-state index contributed by atoms with van der Waals surface area (Å²) in [5.74, 6) is -3.16. The summed E-state index contributed by atoms with van der Waals surface area (Å²) in [7, 11) is -2.43. The number of hydrogen-bond donors (Lipinski definition) is 1. The molecule has 0 spiro atoms. The van der Waals surface area contributed by atoms with E-state index < -0.39 is 21.7 Å². The van der Waals surface area contributed by atoms with Gasteiger partial charge in [-0.25, -0.2) is 8.42 Å². The number of benzene rings is 3. The van der Waals surface area contributed by atoms with E-state index in [1.807, 2.05) is 30.3 Å². The third kappa shape index (κ3) is 6.07. The summed E-state index contributed by atoms with van der Waals surface area (Å²) in [6, 6.07) is 18.9. The van der Waals surface area contributed by atoms with Gasteiger partial charge in [-0.2, -0.15) is 13.1 Å². The Labute approximate surface area is 194 Å². The first-order valence-corrected chi connectivity index (χ1v) is 12.0. The van der Waals surface area contributed by atoms with Gasteiger partial charge >= 0.3 is 0 Å². The molecule has 0 fully saturated rings. The van der Waals surface area contributed by atoms with Crippen molar-refractivity contribution in [3.05, 3.63) is 88.9 Å². The van der Waals surface area contributed by atoms with Gasteiger partial charge in [0.2, 0.25) is 10.0 Å². The van der Waals surface area contributed by atoms with E-state index in [9.17, 15) is 22.0 Å². The zero-order valence-corrected chi connectivity index (χ0v) is 19.2. The number of halogens is 3. The Morgan fingerprint density at radius 2 is 1.72 bits per heavy atom. The average molecular weight is 497 g/mol. The van der Waals surface area contributed by atoms with E-state index in [1.54, 1.807) is 0 Å². The molecule has 0 heterocycles. The highest BCUT2D eigenvalue weighted by Crippen LogP contribution is 2.27. The Kier molecular flexibility index (Phi) is 7.89. The summed E-state index contributed by atoms with van der Waals surface area (Å²) in [4.78, 5) is 13.0. The van der Waals surface area contributed by atoms with E-state index in [0.717, 1.165) is 5.56 Å². The van der Waals surface area contributed by atoms with E-state index >= 15 is 0 Å². The Morgan fingerprint density at radius 3 is 2.34 bits per heavy atom. The normalized spacial score (nSPS) is 11.7. The maximum Gasteiger partial charge on any atom is 0.288 e. The number of thioether (sulfide) groups is 1. The molecule has 32 heavy (non-hydrogen) atoms. The highest BCUT2D eigenvalue weighted by Gasteiger charge is 2.23. The molecular weight excluding hydrogens is 478 g/mol. The summed E-state index contributed by atoms with van der Waals surface area (Å²) < 4.78 is 52.0. The molecule has 0 saturated heterocycles. The summed E-state index contributed by atoms with van der Waals surface area (Å²) in [6.45, 7) is 0.163. The number of carbonyl (C=O) groups is 1. The first-order chi connectivity index (χ1) is 15.2. The number of sulfonamides is 1. The monoisotopic (exact) mass is 496 g/mol. The smallest absolute Gasteiger partial charge is 0.288 e. The molecule has 0 aliphatic rings. The van der Waals surface area contributed by atoms with Gasteiger partial charge in [0.05, 0.1) is 15.5 Å². The topological polar surface area (TPSA) is 66.5 Å². The van der Waals surface area contributed by atoms with Crippen LogP contribution in [0.3, 0.4) is 0 Å². The second-order valence-electron chi connectivity index (χ2n) is 6.75. The fourth-order valence-electron chi connectivity index (χ4n) is 2.86. The Bertz CT molecular complexity index is 1190. The van der Waals surface area contributed by atoms with E-state index in [1.165, 1.54) is 53.8 Å². The first-order valence-electron chi connectivity index (χ1n) is 9.33. The van der Waals surface area contributed by atoms with Gasteiger partial charge in [0.15, 0.2) is 0 Å². The number of nitrogens with one attached hydrogen (secondary N) is 1. The Hall–Kier alpha value is -2.46. The molecule has 3 rings (SSSR count). The van der Waals surface area contributed by atoms with Gasteiger partial charge in [0.1, 0.15) is 0 Å². The number of anilines is 1. The minimum absolute atomic E-state index is 0.0214. The SMILES string of the molecule is CN(Cc1ccccc1)S(=O)(=O)c1ccc(Cl)c(C(=O)Nc2ccc(SC(F)F)cc2)c1. The quantitative estimate of drug-likeness (QED) is 0.404. The third-order valence-electron chi connectivity index (χ3n) is 4.48. The van der Waals surface area contributed by atoms with E-state index in [4.69, 9.17) is 11.6 Å². The van der Waals surface area contributed by atoms with Crippen molar-refractivity contribution in [3.63, 3.8) is 0 Å². The second kappa shape index (κ2) is 10.4. The van der Waals surface area contributed by atoms with Crippen molar-refractivity contribution in [3.8, 4) is 0 Å². The fourth-order valence-corrected chi connectivity index (χ4v) is 4.75. The highest BCUT2D eigenvalue weighted by atomic mass is 35.5. The van der Waals surface area contributed by atoms with Crippen LogP contribution in [0.5, 0.6) is 0 Å². The van der Waals surface area contributed by atoms with Crippen molar-refractivity contribution in [1.29, 1.82) is 0 Å². The van der Waals surface area contributed by atoms with Crippen molar-refractivity contribution in [2.45, 2.75) is 22.1 Å². The van der Waals surface area contributed by atoms with Crippen molar-refractivity contribution < 1.29 is 22.0 Å². The molecule has 5 nitrogen and oxygen atoms in total. The number of rotatable bonds is 8. The molecule has 3 aromatic rings. The lowest BCUT2D eigenvalue weighted by Gasteiger charge is -2.18. The number of hydrogen-bond acceptors (Lipinski definition) is 4. The van der Waals surface area contributed by atoms with Crippen molar-refractivity contribution in [2.24, 2.45) is 0 Å². The lowest BCUT2D eigenvalue weighted by Crippen LogP contribution is -2.27. The first kappa shape index (κ1) is 24.2. The van der Waals surface area contributed by atoms with Gasteiger partial charge in [-0.05, 0) is 48.0 Å². The van der Waals surface area contributed by atoms with Crippen molar-refractivity contribution >= 4 is 45.0 Å². The van der Waals surface area contributed by atoms with Crippen LogP contribution in [0.2, 0.25) is 5.02 Å². The molecule has 0 radical (unpaired) electrons. The Morgan fingerprint density at radius 1 is 1.06 bits per heavy atom. The molecule has 168 valence electrons. The van der Waals surface area contributed by atoms with Crippen LogP contribution in [0, 0.1) is 0 Å². The zero-order valence-electron chi connectivity index (χ0n) is 16.8. The lowest BCUT2D eigenvalue weighted by molar-refractivity contribution is 0.102. The summed E-state index contributed by atoms with van der Waals surface area (Å²) in [5, 5.41) is 2.68. The standard InChI is InChI=1S/C22H19ClF2N2O3S2/c1-27(14-15-5-3-2-4-6-15)32(29,30)18-11-12-20(23)19(13-18)21(28)26-16-7-9-17(10-8-16)31-22(24)25/h2-13,22H,14H2,1H3,(H,26,28). The van der Waals surface area contributed by atoms with Crippen LogP contribution < -0.4 is 5.32 Å². The highest BCUT2D eigenvalue weighted by molar-refractivity contribution is 7.99. The lowest BCUT2D eigenvalue weighted by atomic mass is 10.2. The summed E-state index contributed by atoms with van der Waals surface area (Å²) in [6.07, 6.45) is 0. The predicted octanol–water partition coefficient (Wildman–Crippen LogP) is 5.73. The summed E-state index contributed by atoms with van der Waals surface area (Å²) in [5.41, 5.74) is 1.16. The number of amides is 1. The van der Waals surface area contributed by atoms with Gasteiger partial charge in [0.25, 0.3) is 11.7 Å². The third-order valence-corrected chi connectivity index (χ3v) is 7.33. The number of nitrogens with zero attached hydrogens (tertiary/aromatic N) is 1. The molecule has 1 N–H and O–H groups in total. The van der Waals surface area contributed by atoms with Crippen LogP contribution >= 0.6 is 23.4 Å². The molecule has 0 unspecified atom stereocenters. The molecule has 10 heteroatoms. The maximum atomic E-state index is 13.0. The zero-order chi connectivity index (χ0) is 23.3. The average Bonchev–Trinajstić information content (AvgIpc) is 2.75. The number of carbonyl (C=O) groups excluding carboxylic acids is 1. The minimum atomic E-state index is -3.88. The largest absolute Gasteiger partial charge is 0.322 e. The molecule has 0 aliphatic carbocycles. The fraction of sp³-hybridized carbons (Fsp3) is 0.136. The molecular formula is C22H19ClF2N2O3S2. The van der Waals surface area contributed by atoms with Crippen molar-refractivity contribution in [1.82, 2.24) is 4.31 Å². The van der Waals surface area contributed by atoms with Crippen LogP contribution in [0.1, 0.15) is 15.9 Å². The van der Waals surface area contributed by atoms with E-state index in [-0.39, 0.29) is 22.0 Å². The number of alkyl halides is 2. The molecule has 3 aromatic carbocycles. The van der Waals surface area contributed by atoms with Crippen LogP contribution in [-0.2, 0) is 16.6 Å². The molecule has 0 saturated carbocycles. The molecule has 0 atom stereocenters. The predicted molar refractivity (Wildman–Crippen MR) is 123 cm³/mol. The molecule has 0 aliphatic heterocycles. The van der Waals surface area contributed by atoms with Gasteiger partial charge in [-0.1, -0.05) is 53.7 Å². The molecule has 0 bridgehead atoms. The van der Waals surface area contributed by atoms with Gasteiger partial charge in [-0.15, -0.1) is 0 Å². The van der Waals surface area contributed by atoms with Gasteiger partial charge < -0.3 is 5.32 Å². The van der Waals surface area contributed by atoms with Crippen LogP contribution in [0.4, 0.5) is 14.5 Å². The Balaban J connectivity index is 1.79. The van der Waals surface area contributed by atoms with Crippen LogP contribution in [-0.4, -0.2) is 31.4 Å². The second-order valence-corrected chi connectivity index (χ2v) is 10.3. The van der Waals surface area contributed by atoms with E-state index in [2.05, 4.69) is 5.32 Å². The summed E-state index contributed by atoms with van der Waals surface area (Å²) >= 11 is 6.54.